The van der Waals surface area contributed by atoms with Crippen molar-refractivity contribution in [1.29, 1.82) is 0 Å². The van der Waals surface area contributed by atoms with Crippen LogP contribution in [-0.4, -0.2) is 32.9 Å². The average molecular weight is 356 g/mol. The highest BCUT2D eigenvalue weighted by molar-refractivity contribution is 6.00. The molecule has 2 aromatic heterocycles. The Balaban J connectivity index is 1.51. The number of rotatable bonds is 5. The summed E-state index contributed by atoms with van der Waals surface area (Å²) in [5.41, 5.74) is -0.106. The first-order valence-corrected chi connectivity index (χ1v) is 7.91. The van der Waals surface area contributed by atoms with Crippen LogP contribution in [0.25, 0.3) is 5.69 Å². The van der Waals surface area contributed by atoms with E-state index in [1.807, 2.05) is 0 Å². The molecule has 26 heavy (non-hydrogen) atoms. The third-order valence-corrected chi connectivity index (χ3v) is 4.39. The molecule has 4 rings (SSSR count). The van der Waals surface area contributed by atoms with Crippen molar-refractivity contribution in [2.45, 2.75) is 18.3 Å². The van der Waals surface area contributed by atoms with Gasteiger partial charge in [-0.15, -0.1) is 10.2 Å². The van der Waals surface area contributed by atoms with E-state index in [0.717, 1.165) is 0 Å². The Kier molecular flexibility index (Phi) is 3.10. The fourth-order valence-corrected chi connectivity index (χ4v) is 2.88. The van der Waals surface area contributed by atoms with Gasteiger partial charge in [0.2, 0.25) is 11.8 Å². The fourth-order valence-electron chi connectivity index (χ4n) is 2.88. The summed E-state index contributed by atoms with van der Waals surface area (Å²) in [7, 11) is -2.65. The maximum absolute atomic E-state index is 14.1. The van der Waals surface area contributed by atoms with Crippen LogP contribution in [0.2, 0.25) is 0 Å². The van der Waals surface area contributed by atoms with Gasteiger partial charge < -0.3 is 10.1 Å². The Hall–Kier alpha value is -3.29. The SMILES string of the molecule is [2H]C([2H])([2H])Oc1cc(-n2ccc(NC(=O)C3(c4ccccc4F)CC3)n2)cnn1. The smallest absolute Gasteiger partial charge is 0.236 e. The third kappa shape index (κ3) is 2.79. The van der Waals surface area contributed by atoms with Crippen molar-refractivity contribution in [2.75, 3.05) is 12.4 Å². The molecule has 2 heterocycles. The summed E-state index contributed by atoms with van der Waals surface area (Å²) < 4.78 is 41.6. The van der Waals surface area contributed by atoms with Crippen molar-refractivity contribution in [3.8, 4) is 11.6 Å². The molecule has 0 saturated heterocycles. The van der Waals surface area contributed by atoms with Crippen LogP contribution in [0, 0.1) is 5.82 Å². The van der Waals surface area contributed by atoms with Gasteiger partial charge in [0.1, 0.15) is 5.82 Å². The second-order valence-electron chi connectivity index (χ2n) is 6.02. The van der Waals surface area contributed by atoms with E-state index >= 15 is 0 Å². The monoisotopic (exact) mass is 356 g/mol. The number of methoxy groups -OCH3 is 1. The molecular formula is C18H16FN5O2. The van der Waals surface area contributed by atoms with E-state index in [1.54, 1.807) is 30.5 Å². The van der Waals surface area contributed by atoms with Crippen molar-refractivity contribution < 1.29 is 18.0 Å². The average Bonchev–Trinajstić information content (AvgIpc) is 3.33. The summed E-state index contributed by atoms with van der Waals surface area (Å²) in [6.07, 6.45) is 4.05. The van der Waals surface area contributed by atoms with Crippen LogP contribution in [-0.2, 0) is 10.2 Å². The van der Waals surface area contributed by atoms with E-state index in [9.17, 15) is 9.18 Å². The number of halogens is 1. The Morgan fingerprint density at radius 2 is 2.23 bits per heavy atom. The van der Waals surface area contributed by atoms with Gasteiger partial charge in [0, 0.05) is 23.9 Å². The number of nitrogens with one attached hydrogen (secondary N) is 1. The Morgan fingerprint density at radius 3 is 3.00 bits per heavy atom. The molecule has 1 aliphatic carbocycles. The fraction of sp³-hybridized carbons (Fsp3) is 0.222. The first-order valence-electron chi connectivity index (χ1n) is 9.41. The lowest BCUT2D eigenvalue weighted by Crippen LogP contribution is -2.29. The molecule has 1 aliphatic rings. The van der Waals surface area contributed by atoms with Crippen LogP contribution in [0.15, 0.2) is 48.8 Å². The molecule has 8 heteroatoms. The number of carbonyl (C=O) groups excluding carboxylic acids is 1. The van der Waals surface area contributed by atoms with Gasteiger partial charge in [-0.25, -0.2) is 9.07 Å². The predicted octanol–water partition coefficient (Wildman–Crippen LogP) is 2.48. The van der Waals surface area contributed by atoms with Gasteiger partial charge in [-0.1, -0.05) is 18.2 Å². The molecule has 0 aliphatic heterocycles. The highest BCUT2D eigenvalue weighted by Crippen LogP contribution is 2.49. The first kappa shape index (κ1) is 13.0. The summed E-state index contributed by atoms with van der Waals surface area (Å²) in [5, 5.41) is 14.3. The number of aromatic nitrogens is 4. The molecule has 0 unspecified atom stereocenters. The van der Waals surface area contributed by atoms with E-state index < -0.39 is 18.3 Å². The van der Waals surface area contributed by atoms with E-state index in [-0.39, 0.29) is 17.6 Å². The quantitative estimate of drug-likeness (QED) is 0.759. The normalized spacial score (nSPS) is 16.9. The van der Waals surface area contributed by atoms with Gasteiger partial charge in [-0.05, 0) is 18.9 Å². The standard InChI is InChI=1S/C18H16FN5O2/c1-26-16-10-12(11-20-22-16)24-9-6-15(23-24)21-17(25)18(7-8-18)13-4-2-3-5-14(13)19/h2-6,9-11H,7-8H2,1H3,(H,21,23,25)/i1D3. The van der Waals surface area contributed by atoms with Crippen LogP contribution in [0.4, 0.5) is 10.2 Å². The first-order chi connectivity index (χ1) is 13.8. The zero-order valence-electron chi connectivity index (χ0n) is 16.5. The van der Waals surface area contributed by atoms with Gasteiger partial charge in [0.15, 0.2) is 5.82 Å². The minimum Gasteiger partial charge on any atom is -0.480 e. The molecule has 132 valence electrons. The highest BCUT2D eigenvalue weighted by atomic mass is 19.1. The molecule has 1 N–H and O–H groups in total. The molecule has 0 radical (unpaired) electrons. The summed E-state index contributed by atoms with van der Waals surface area (Å²) in [5.74, 6) is -0.643. The lowest BCUT2D eigenvalue weighted by molar-refractivity contribution is -0.118. The molecule has 0 bridgehead atoms. The van der Waals surface area contributed by atoms with Crippen LogP contribution < -0.4 is 10.1 Å². The lowest BCUT2D eigenvalue weighted by atomic mass is 9.94. The maximum atomic E-state index is 14.1. The van der Waals surface area contributed by atoms with Crippen molar-refractivity contribution in [1.82, 2.24) is 20.0 Å². The molecular weight excluding hydrogens is 337 g/mol. The second-order valence-corrected chi connectivity index (χ2v) is 6.02. The summed E-state index contributed by atoms with van der Waals surface area (Å²) >= 11 is 0. The lowest BCUT2D eigenvalue weighted by Gasteiger charge is -2.15. The van der Waals surface area contributed by atoms with Crippen molar-refractivity contribution in [2.24, 2.45) is 0 Å². The molecule has 1 amide bonds. The Labute approximate surface area is 153 Å². The molecule has 0 atom stereocenters. The van der Waals surface area contributed by atoms with Gasteiger partial charge >= 0.3 is 0 Å². The molecule has 0 spiro atoms. The van der Waals surface area contributed by atoms with E-state index in [4.69, 9.17) is 8.85 Å². The molecule has 1 aromatic carbocycles. The maximum Gasteiger partial charge on any atom is 0.236 e. The Morgan fingerprint density at radius 1 is 1.38 bits per heavy atom. The summed E-state index contributed by atoms with van der Waals surface area (Å²) in [6, 6.07) is 9.18. The number of nitrogens with zero attached hydrogens (tertiary/aromatic N) is 4. The second kappa shape index (κ2) is 6.21. The number of carbonyl (C=O) groups is 1. The third-order valence-electron chi connectivity index (χ3n) is 4.39. The zero-order valence-corrected chi connectivity index (χ0v) is 13.5. The van der Waals surface area contributed by atoms with Gasteiger partial charge in [-0.2, -0.15) is 5.10 Å². The number of hydrogen-bond acceptors (Lipinski definition) is 5. The largest absolute Gasteiger partial charge is 0.480 e. The number of anilines is 1. The molecule has 1 saturated carbocycles. The molecule has 7 nitrogen and oxygen atoms in total. The number of hydrogen-bond donors (Lipinski definition) is 1. The number of amides is 1. The predicted molar refractivity (Wildman–Crippen MR) is 91.6 cm³/mol. The zero-order chi connectivity index (χ0) is 20.6. The highest BCUT2D eigenvalue weighted by Gasteiger charge is 2.52. The van der Waals surface area contributed by atoms with E-state index in [2.05, 4.69) is 20.6 Å². The van der Waals surface area contributed by atoms with Gasteiger partial charge in [0.25, 0.3) is 0 Å². The Bertz CT molecular complexity index is 1070. The summed E-state index contributed by atoms with van der Waals surface area (Å²) in [6.45, 7) is 0. The van der Waals surface area contributed by atoms with E-state index in [1.165, 1.54) is 23.0 Å². The van der Waals surface area contributed by atoms with Crippen molar-refractivity contribution in [3.63, 3.8) is 0 Å². The van der Waals surface area contributed by atoms with Crippen LogP contribution in [0.5, 0.6) is 5.88 Å². The molecule has 3 aromatic rings. The van der Waals surface area contributed by atoms with Gasteiger partial charge in [0.05, 0.1) is 28.4 Å². The van der Waals surface area contributed by atoms with Crippen LogP contribution >= 0.6 is 0 Å². The van der Waals surface area contributed by atoms with Crippen LogP contribution in [0.3, 0.4) is 0 Å². The minimum atomic E-state index is -2.65. The molecule has 1 fully saturated rings. The minimum absolute atomic E-state index is 0.180. The topological polar surface area (TPSA) is 81.9 Å². The van der Waals surface area contributed by atoms with Crippen LogP contribution in [0.1, 0.15) is 22.5 Å². The van der Waals surface area contributed by atoms with E-state index in [0.29, 0.717) is 24.1 Å². The summed E-state index contributed by atoms with van der Waals surface area (Å²) in [4.78, 5) is 12.8. The number of benzene rings is 1. The van der Waals surface area contributed by atoms with Crippen molar-refractivity contribution >= 4 is 11.7 Å². The number of ether oxygens (including phenoxy) is 1. The van der Waals surface area contributed by atoms with Gasteiger partial charge in [-0.3, -0.25) is 4.79 Å². The van der Waals surface area contributed by atoms with Crippen molar-refractivity contribution in [3.05, 3.63) is 60.2 Å².